The van der Waals surface area contributed by atoms with Crippen molar-refractivity contribution in [2.45, 2.75) is 12.6 Å². The normalized spacial score (nSPS) is 14.1. The summed E-state index contributed by atoms with van der Waals surface area (Å²) in [5.41, 5.74) is 6.38. The van der Waals surface area contributed by atoms with Crippen molar-refractivity contribution in [1.29, 1.82) is 0 Å². The SMILES string of the molecule is Nc1ncnc2c1ncn2CC(COCP(=O)(O)O)OCP(=O)(O)O. The molecule has 0 saturated heterocycles. The maximum Gasteiger partial charge on any atom is 0.350 e. The quantitative estimate of drug-likeness (QED) is 0.326. The van der Waals surface area contributed by atoms with Gasteiger partial charge in [0.15, 0.2) is 11.5 Å². The molecule has 2 rings (SSSR count). The summed E-state index contributed by atoms with van der Waals surface area (Å²) in [5.74, 6) is 0.161. The van der Waals surface area contributed by atoms with Crippen molar-refractivity contribution in [2.24, 2.45) is 0 Å². The molecule has 6 N–H and O–H groups in total. The van der Waals surface area contributed by atoms with E-state index in [1.54, 1.807) is 0 Å². The fourth-order valence-electron chi connectivity index (χ4n) is 1.91. The van der Waals surface area contributed by atoms with Crippen LogP contribution in [0.4, 0.5) is 5.82 Å². The summed E-state index contributed by atoms with van der Waals surface area (Å²) in [6, 6.07) is 0. The number of aromatic nitrogens is 4. The number of nitrogens with two attached hydrogens (primary N) is 1. The van der Waals surface area contributed by atoms with Crippen molar-refractivity contribution in [3.8, 4) is 0 Å². The molecule has 0 aliphatic heterocycles. The molecule has 0 fully saturated rings. The van der Waals surface area contributed by atoms with E-state index in [0.717, 1.165) is 0 Å². The molecule has 0 aromatic carbocycles. The monoisotopic (exact) mass is 397 g/mol. The van der Waals surface area contributed by atoms with Gasteiger partial charge in [0.1, 0.15) is 24.5 Å². The van der Waals surface area contributed by atoms with Crippen LogP contribution < -0.4 is 5.73 Å². The Balaban J connectivity index is 2.11. The van der Waals surface area contributed by atoms with Gasteiger partial charge in [-0.15, -0.1) is 0 Å². The maximum atomic E-state index is 11.0. The molecule has 2 heterocycles. The molecule has 0 bridgehead atoms. The molecule has 0 amide bonds. The number of fused-ring (bicyclic) bond motifs is 1. The van der Waals surface area contributed by atoms with Crippen LogP contribution in [0.15, 0.2) is 12.7 Å². The zero-order valence-electron chi connectivity index (χ0n) is 12.7. The maximum absolute atomic E-state index is 11.0. The third-order valence-electron chi connectivity index (χ3n) is 2.87. The highest BCUT2D eigenvalue weighted by Gasteiger charge is 2.21. The molecule has 13 nitrogen and oxygen atoms in total. The predicted molar refractivity (Wildman–Crippen MR) is 84.4 cm³/mol. The molecule has 0 radical (unpaired) electrons. The number of rotatable bonds is 9. The third kappa shape index (κ3) is 6.42. The van der Waals surface area contributed by atoms with Crippen LogP contribution in [0.3, 0.4) is 0 Å². The zero-order chi connectivity index (χ0) is 18.7. The number of hydrogen-bond acceptors (Lipinski definition) is 8. The molecule has 25 heavy (non-hydrogen) atoms. The molecule has 0 spiro atoms. The number of ether oxygens (including phenoxy) is 2. The van der Waals surface area contributed by atoms with Gasteiger partial charge >= 0.3 is 15.2 Å². The molecular formula is C10H17N5O8P2. The van der Waals surface area contributed by atoms with Crippen LogP contribution in [0, 0.1) is 0 Å². The van der Waals surface area contributed by atoms with Crippen molar-refractivity contribution in [3.63, 3.8) is 0 Å². The fourth-order valence-corrected chi connectivity index (χ4v) is 2.66. The van der Waals surface area contributed by atoms with Crippen molar-refractivity contribution in [2.75, 3.05) is 25.0 Å². The summed E-state index contributed by atoms with van der Waals surface area (Å²) < 4.78 is 33.3. The van der Waals surface area contributed by atoms with E-state index in [9.17, 15) is 9.13 Å². The van der Waals surface area contributed by atoms with Crippen LogP contribution in [-0.2, 0) is 25.1 Å². The van der Waals surface area contributed by atoms with E-state index in [1.165, 1.54) is 17.2 Å². The van der Waals surface area contributed by atoms with Gasteiger partial charge in [0.25, 0.3) is 0 Å². The Kier molecular flexibility index (Phi) is 6.25. The minimum atomic E-state index is -4.43. The van der Waals surface area contributed by atoms with Gasteiger partial charge in [-0.2, -0.15) is 0 Å². The molecule has 1 unspecified atom stereocenters. The van der Waals surface area contributed by atoms with E-state index >= 15 is 0 Å². The van der Waals surface area contributed by atoms with Crippen molar-refractivity contribution < 1.29 is 38.2 Å². The molecule has 0 aliphatic rings. The average Bonchev–Trinajstić information content (AvgIpc) is 2.87. The Morgan fingerprint density at radius 1 is 1.12 bits per heavy atom. The van der Waals surface area contributed by atoms with E-state index < -0.39 is 34.0 Å². The summed E-state index contributed by atoms with van der Waals surface area (Å²) in [7, 11) is -8.81. The predicted octanol–water partition coefficient (Wildman–Crippen LogP) is -0.919. The standard InChI is InChI=1S/C10H17N5O8P2/c11-9-8-10(13-3-12-9)15(4-14-8)1-7(23-6-25(19,20)21)2-22-5-24(16,17)18/h3-4,7H,1-2,5-6H2,(H2,11,12,13)(H2,16,17,18)(H2,19,20,21). The smallest absolute Gasteiger partial charge is 0.350 e. The van der Waals surface area contributed by atoms with Gasteiger partial charge in [0.2, 0.25) is 0 Å². The van der Waals surface area contributed by atoms with Gasteiger partial charge in [-0.3, -0.25) is 9.13 Å². The Morgan fingerprint density at radius 2 is 1.80 bits per heavy atom. The lowest BCUT2D eigenvalue weighted by Gasteiger charge is -2.19. The topological polar surface area (TPSA) is 203 Å². The number of nitrogen functional groups attached to an aromatic ring is 1. The fraction of sp³-hybridized carbons (Fsp3) is 0.500. The first kappa shape index (κ1) is 19.9. The third-order valence-corrected chi connectivity index (χ3v) is 3.88. The second-order valence-electron chi connectivity index (χ2n) is 5.08. The second kappa shape index (κ2) is 7.85. The Labute approximate surface area is 141 Å². The van der Waals surface area contributed by atoms with Gasteiger partial charge in [-0.1, -0.05) is 0 Å². The van der Waals surface area contributed by atoms with E-state index in [0.29, 0.717) is 11.2 Å². The number of hydrogen-bond donors (Lipinski definition) is 5. The van der Waals surface area contributed by atoms with Crippen LogP contribution in [0.2, 0.25) is 0 Å². The van der Waals surface area contributed by atoms with Gasteiger partial charge in [0, 0.05) is 0 Å². The van der Waals surface area contributed by atoms with E-state index in [4.69, 9.17) is 34.8 Å². The Morgan fingerprint density at radius 3 is 2.44 bits per heavy atom. The van der Waals surface area contributed by atoms with Gasteiger partial charge < -0.3 is 39.3 Å². The lowest BCUT2D eigenvalue weighted by atomic mass is 10.3. The zero-order valence-corrected chi connectivity index (χ0v) is 14.5. The van der Waals surface area contributed by atoms with Crippen molar-refractivity contribution in [3.05, 3.63) is 12.7 Å². The van der Waals surface area contributed by atoms with E-state index in [1.807, 2.05) is 0 Å². The molecule has 0 saturated carbocycles. The van der Waals surface area contributed by atoms with Crippen LogP contribution in [0.25, 0.3) is 11.2 Å². The van der Waals surface area contributed by atoms with Gasteiger partial charge in [-0.05, 0) is 0 Å². The molecular weight excluding hydrogens is 380 g/mol. The first-order valence-corrected chi connectivity index (χ1v) is 10.3. The van der Waals surface area contributed by atoms with Gasteiger partial charge in [0.05, 0.1) is 25.6 Å². The van der Waals surface area contributed by atoms with Crippen LogP contribution in [-0.4, -0.2) is 64.5 Å². The van der Waals surface area contributed by atoms with E-state index in [-0.39, 0.29) is 19.0 Å². The van der Waals surface area contributed by atoms with Gasteiger partial charge in [-0.25, -0.2) is 15.0 Å². The minimum absolute atomic E-state index is 0.00805. The number of imidazole rings is 1. The molecule has 140 valence electrons. The molecule has 1 atom stereocenters. The molecule has 2 aromatic rings. The summed E-state index contributed by atoms with van der Waals surface area (Å²) >= 11 is 0. The number of anilines is 1. The number of nitrogens with zero attached hydrogens (tertiary/aromatic N) is 4. The Hall–Kier alpha value is -1.43. The van der Waals surface area contributed by atoms with Crippen molar-refractivity contribution >= 4 is 32.2 Å². The minimum Gasteiger partial charge on any atom is -0.382 e. The lowest BCUT2D eigenvalue weighted by Crippen LogP contribution is -2.26. The molecule has 15 heteroatoms. The first-order chi connectivity index (χ1) is 11.6. The molecule has 2 aromatic heterocycles. The van der Waals surface area contributed by atoms with Crippen molar-refractivity contribution in [1.82, 2.24) is 19.5 Å². The van der Waals surface area contributed by atoms with E-state index in [2.05, 4.69) is 15.0 Å². The molecule has 0 aliphatic carbocycles. The second-order valence-corrected chi connectivity index (χ2v) is 8.25. The average molecular weight is 397 g/mol. The summed E-state index contributed by atoms with van der Waals surface area (Å²) in [4.78, 5) is 47.3. The summed E-state index contributed by atoms with van der Waals surface area (Å²) in [6.07, 6.45) is -0.0331. The lowest BCUT2D eigenvalue weighted by molar-refractivity contribution is -0.00338. The highest BCUT2D eigenvalue weighted by molar-refractivity contribution is 7.51. The Bertz CT molecular complexity index is 817. The van der Waals surface area contributed by atoms with Crippen LogP contribution >= 0.6 is 15.2 Å². The summed E-state index contributed by atoms with van der Waals surface area (Å²) in [5, 5.41) is 0. The largest absolute Gasteiger partial charge is 0.382 e. The first-order valence-electron chi connectivity index (χ1n) is 6.75. The van der Waals surface area contributed by atoms with Crippen LogP contribution in [0.5, 0.6) is 0 Å². The highest BCUT2D eigenvalue weighted by atomic mass is 31.2. The summed E-state index contributed by atoms with van der Waals surface area (Å²) in [6.45, 7) is -0.306. The van der Waals surface area contributed by atoms with Crippen LogP contribution in [0.1, 0.15) is 0 Å². The highest BCUT2D eigenvalue weighted by Crippen LogP contribution is 2.35.